The molecule has 2 aliphatic heterocycles. The summed E-state index contributed by atoms with van der Waals surface area (Å²) in [5.74, 6) is 1.03. The molecule has 5 rings (SSSR count). The van der Waals surface area contributed by atoms with Gasteiger partial charge in [0.05, 0.1) is 23.0 Å². The van der Waals surface area contributed by atoms with E-state index in [1.54, 1.807) is 17.2 Å². The number of amides is 1. The number of halogens is 1. The van der Waals surface area contributed by atoms with Crippen molar-refractivity contribution in [1.82, 2.24) is 4.90 Å². The lowest BCUT2D eigenvalue weighted by molar-refractivity contribution is -0.120. The highest BCUT2D eigenvalue weighted by Gasteiger charge is 2.35. The van der Waals surface area contributed by atoms with Crippen molar-refractivity contribution in [3.63, 3.8) is 0 Å². The minimum Gasteiger partial charge on any atom is -0.492 e. The van der Waals surface area contributed by atoms with Crippen LogP contribution in [0.25, 0.3) is 11.8 Å². The van der Waals surface area contributed by atoms with Crippen molar-refractivity contribution < 1.29 is 9.53 Å². The zero-order valence-electron chi connectivity index (χ0n) is 24.3. The van der Waals surface area contributed by atoms with E-state index in [0.717, 1.165) is 34.5 Å². The highest BCUT2D eigenvalue weighted by atomic mass is 35.5. The second kappa shape index (κ2) is 14.8. The van der Waals surface area contributed by atoms with Crippen molar-refractivity contribution in [1.29, 1.82) is 0 Å². The third-order valence-electron chi connectivity index (χ3n) is 7.46. The molecule has 3 aromatic rings. The fourth-order valence-corrected chi connectivity index (χ4v) is 5.40. The molecule has 0 bridgehead atoms. The zero-order valence-corrected chi connectivity index (χ0v) is 25.0. The molecule has 0 aromatic heterocycles. The lowest BCUT2D eigenvalue weighted by Gasteiger charge is -2.21. The van der Waals surface area contributed by atoms with E-state index in [0.29, 0.717) is 35.3 Å². The molecule has 2 heterocycles. The molecule has 3 aromatic carbocycles. The van der Waals surface area contributed by atoms with Gasteiger partial charge in [-0.05, 0) is 35.8 Å². The van der Waals surface area contributed by atoms with Crippen molar-refractivity contribution in [3.05, 3.63) is 112 Å². The van der Waals surface area contributed by atoms with Crippen LogP contribution in [-0.2, 0) is 11.2 Å². The molecule has 0 saturated heterocycles. The minimum atomic E-state index is -0.190. The Labute approximate surface area is 254 Å². The normalized spacial score (nSPS) is 15.4. The summed E-state index contributed by atoms with van der Waals surface area (Å²) in [6.07, 6.45) is 14.1. The first-order chi connectivity index (χ1) is 20.6. The number of ether oxygens (including phenoxy) is 1. The number of rotatable bonds is 14. The van der Waals surface area contributed by atoms with Crippen LogP contribution in [0.1, 0.15) is 75.0 Å². The van der Waals surface area contributed by atoms with Crippen LogP contribution in [0.2, 0.25) is 5.02 Å². The van der Waals surface area contributed by atoms with E-state index in [2.05, 4.69) is 19.1 Å². The molecule has 0 spiro atoms. The number of carbonyl (C=O) groups is 1. The molecule has 5 nitrogen and oxygen atoms in total. The molecule has 0 N–H and O–H groups in total. The number of carbonyl (C=O) groups excluding carboxylic acids is 1. The minimum absolute atomic E-state index is 0.190. The van der Waals surface area contributed by atoms with E-state index < -0.39 is 0 Å². The Morgan fingerprint density at radius 3 is 2.24 bits per heavy atom. The Balaban J connectivity index is 1.27. The lowest BCUT2D eigenvalue weighted by atomic mass is 10.1. The number of benzene rings is 3. The van der Waals surface area contributed by atoms with Gasteiger partial charge >= 0.3 is 0 Å². The fraction of sp³-hybridized carbons (Fsp3) is 0.306. The average Bonchev–Trinajstić information content (AvgIpc) is 3.33. The van der Waals surface area contributed by atoms with Crippen LogP contribution in [0.15, 0.2) is 101 Å². The molecular formula is C36H38ClN3O2. The fourth-order valence-electron chi connectivity index (χ4n) is 5.15. The number of amidine groups is 1. The van der Waals surface area contributed by atoms with E-state index in [4.69, 9.17) is 26.3 Å². The van der Waals surface area contributed by atoms with Gasteiger partial charge in [-0.3, -0.25) is 9.69 Å². The van der Waals surface area contributed by atoms with Gasteiger partial charge in [-0.25, -0.2) is 9.98 Å². The average molecular weight is 580 g/mol. The van der Waals surface area contributed by atoms with E-state index in [-0.39, 0.29) is 5.91 Å². The molecule has 6 heteroatoms. The zero-order chi connectivity index (χ0) is 29.1. The predicted octanol–water partition coefficient (Wildman–Crippen LogP) is 9.14. The third kappa shape index (κ3) is 7.65. The summed E-state index contributed by atoms with van der Waals surface area (Å²) >= 11 is 6.57. The van der Waals surface area contributed by atoms with E-state index >= 15 is 0 Å². The number of aliphatic imine (C=N–C) groups is 2. The van der Waals surface area contributed by atoms with Crippen LogP contribution in [0.4, 0.5) is 0 Å². The van der Waals surface area contributed by atoms with Crippen molar-refractivity contribution in [2.45, 2.75) is 64.7 Å². The maximum Gasteiger partial charge on any atom is 0.282 e. The molecule has 42 heavy (non-hydrogen) atoms. The Morgan fingerprint density at radius 1 is 0.833 bits per heavy atom. The molecule has 0 radical (unpaired) electrons. The molecule has 0 fully saturated rings. The maximum atomic E-state index is 13.6. The lowest BCUT2D eigenvalue weighted by Crippen LogP contribution is -2.36. The van der Waals surface area contributed by atoms with Gasteiger partial charge in [-0.15, -0.1) is 0 Å². The van der Waals surface area contributed by atoms with Crippen LogP contribution < -0.4 is 4.74 Å². The topological polar surface area (TPSA) is 54.3 Å². The van der Waals surface area contributed by atoms with Gasteiger partial charge < -0.3 is 4.74 Å². The molecule has 0 atom stereocenters. The van der Waals surface area contributed by atoms with E-state index in [9.17, 15) is 4.79 Å². The number of nitrogens with zero attached hydrogens (tertiary/aromatic N) is 3. The molecule has 0 saturated carbocycles. The van der Waals surface area contributed by atoms with Gasteiger partial charge in [0.25, 0.3) is 5.91 Å². The molecule has 0 aliphatic carbocycles. The van der Waals surface area contributed by atoms with E-state index in [1.165, 1.54) is 44.9 Å². The maximum absolute atomic E-state index is 13.6. The Kier molecular flexibility index (Phi) is 10.4. The smallest absolute Gasteiger partial charge is 0.282 e. The molecule has 216 valence electrons. The van der Waals surface area contributed by atoms with Crippen LogP contribution in [0, 0.1) is 0 Å². The van der Waals surface area contributed by atoms with Gasteiger partial charge in [-0.2, -0.15) is 0 Å². The van der Waals surface area contributed by atoms with Gasteiger partial charge in [-0.1, -0.05) is 130 Å². The summed E-state index contributed by atoms with van der Waals surface area (Å²) in [5, 5.41) is 0.525. The van der Waals surface area contributed by atoms with Crippen molar-refractivity contribution >= 4 is 40.8 Å². The number of fused-ring (bicyclic) bond motifs is 1. The summed E-state index contributed by atoms with van der Waals surface area (Å²) in [6.45, 7) is 2.89. The summed E-state index contributed by atoms with van der Waals surface area (Å²) in [4.78, 5) is 24.9. The van der Waals surface area contributed by atoms with Gasteiger partial charge in [0, 0.05) is 18.2 Å². The Morgan fingerprint density at radius 2 is 1.52 bits per heavy atom. The molecule has 2 aliphatic rings. The van der Waals surface area contributed by atoms with Crippen LogP contribution in [0.3, 0.4) is 0 Å². The summed E-state index contributed by atoms with van der Waals surface area (Å²) in [6, 6.07) is 25.6. The Bertz CT molecular complexity index is 1490. The standard InChI is InChI=1S/C36H38ClN3O2/c1-2-3-4-5-6-7-8-15-22-42-34-21-20-28(23-30(34)37)25-32-36(41)40-26-33(29-18-13-10-14-19-29)38-31(35(40)39-32)24-27-16-11-9-12-17-27/h9-14,16-21,23,25-26H,2-8,15,22,24H2,1H3/b32-25-. The van der Waals surface area contributed by atoms with E-state index in [1.807, 2.05) is 66.7 Å². The van der Waals surface area contributed by atoms with Gasteiger partial charge in [0.1, 0.15) is 11.4 Å². The number of hydrogen-bond donors (Lipinski definition) is 0. The highest BCUT2D eigenvalue weighted by Crippen LogP contribution is 2.31. The first-order valence-corrected chi connectivity index (χ1v) is 15.5. The monoisotopic (exact) mass is 579 g/mol. The van der Waals surface area contributed by atoms with Crippen LogP contribution in [-0.4, -0.2) is 29.0 Å². The summed E-state index contributed by atoms with van der Waals surface area (Å²) < 4.78 is 5.95. The van der Waals surface area contributed by atoms with Crippen molar-refractivity contribution in [2.24, 2.45) is 9.98 Å². The Hall–Kier alpha value is -3.96. The molecule has 1 amide bonds. The number of hydrogen-bond acceptors (Lipinski definition) is 4. The first-order valence-electron chi connectivity index (χ1n) is 15.1. The SMILES string of the molecule is CCCCCCCCCCOc1ccc(/C=C2\N=C3C(Cc4ccccc4)=NC(c4ccccc4)=CN3C2=O)cc1Cl. The largest absolute Gasteiger partial charge is 0.492 e. The van der Waals surface area contributed by atoms with Gasteiger partial charge in [0.2, 0.25) is 0 Å². The first kappa shape index (κ1) is 29.5. The van der Waals surface area contributed by atoms with Crippen molar-refractivity contribution in [3.8, 4) is 5.75 Å². The number of unbranched alkanes of at least 4 members (excludes halogenated alkanes) is 7. The summed E-state index contributed by atoms with van der Waals surface area (Å²) in [5.41, 5.74) is 4.67. The molecule has 0 unspecified atom stereocenters. The molecular weight excluding hydrogens is 542 g/mol. The van der Waals surface area contributed by atoms with Crippen molar-refractivity contribution in [2.75, 3.05) is 6.61 Å². The summed E-state index contributed by atoms with van der Waals surface area (Å²) in [7, 11) is 0. The van der Waals surface area contributed by atoms with Gasteiger partial charge in [0.15, 0.2) is 5.84 Å². The quantitative estimate of drug-likeness (QED) is 0.141. The van der Waals surface area contributed by atoms with Crippen LogP contribution in [0.5, 0.6) is 5.75 Å². The predicted molar refractivity (Wildman–Crippen MR) is 174 cm³/mol. The second-order valence-corrected chi connectivity index (χ2v) is 11.2. The third-order valence-corrected chi connectivity index (χ3v) is 7.75. The highest BCUT2D eigenvalue weighted by molar-refractivity contribution is 6.48. The second-order valence-electron chi connectivity index (χ2n) is 10.8. The van der Waals surface area contributed by atoms with Crippen LogP contribution >= 0.6 is 11.6 Å².